The summed E-state index contributed by atoms with van der Waals surface area (Å²) in [7, 11) is 1.40. The second kappa shape index (κ2) is 9.31. The number of barbiturate groups is 1. The Hall–Kier alpha value is -4.18. The fourth-order valence-corrected chi connectivity index (χ4v) is 3.16. The van der Waals surface area contributed by atoms with Crippen molar-refractivity contribution >= 4 is 46.9 Å². The van der Waals surface area contributed by atoms with Gasteiger partial charge in [0.2, 0.25) is 0 Å². The summed E-state index contributed by atoms with van der Waals surface area (Å²) < 4.78 is 10.7. The van der Waals surface area contributed by atoms with E-state index in [0.29, 0.717) is 10.5 Å². The number of non-ortho nitro benzene ring substituents is 1. The van der Waals surface area contributed by atoms with Gasteiger partial charge in [-0.25, -0.2) is 9.69 Å². The third-order valence-corrected chi connectivity index (χ3v) is 4.61. The molecule has 0 radical (unpaired) electrons. The number of nitrogens with one attached hydrogen (secondary N) is 1. The van der Waals surface area contributed by atoms with Crippen LogP contribution >= 0.6 is 11.6 Å². The van der Waals surface area contributed by atoms with Crippen LogP contribution in [-0.2, 0) is 9.59 Å². The van der Waals surface area contributed by atoms with Gasteiger partial charge < -0.3 is 9.47 Å². The molecule has 1 aliphatic rings. The normalized spacial score (nSPS) is 14.9. The number of carbonyl (C=O) groups is 3. The van der Waals surface area contributed by atoms with Gasteiger partial charge in [0.25, 0.3) is 17.5 Å². The van der Waals surface area contributed by atoms with Gasteiger partial charge in [0, 0.05) is 12.1 Å². The second-order valence-electron chi connectivity index (χ2n) is 6.37. The van der Waals surface area contributed by atoms with Gasteiger partial charge in [-0.3, -0.25) is 25.0 Å². The lowest BCUT2D eigenvalue weighted by molar-refractivity contribution is -0.384. The van der Waals surface area contributed by atoms with Gasteiger partial charge in [0.1, 0.15) is 12.2 Å². The third kappa shape index (κ3) is 4.44. The van der Waals surface area contributed by atoms with E-state index in [1.807, 2.05) is 0 Å². The minimum Gasteiger partial charge on any atom is -0.493 e. The van der Waals surface area contributed by atoms with E-state index in [2.05, 4.69) is 11.9 Å². The van der Waals surface area contributed by atoms with Crippen LogP contribution in [0.4, 0.5) is 16.2 Å². The SMILES string of the molecule is C=CCOc1c(Cl)cc(/C=C2\C(=O)NC(=O)N(c3ccc([N+](=O)[O-])cc3)C2=O)cc1OC. The fraction of sp³-hybridized carbons (Fsp3) is 0.0952. The van der Waals surface area contributed by atoms with Crippen LogP contribution in [0.1, 0.15) is 5.56 Å². The first-order valence-electron chi connectivity index (χ1n) is 9.04. The number of rotatable bonds is 7. The van der Waals surface area contributed by atoms with E-state index in [0.717, 1.165) is 12.1 Å². The number of hydrogen-bond acceptors (Lipinski definition) is 7. The molecule has 4 amide bonds. The number of nitro benzene ring substituents is 1. The quantitative estimate of drug-likeness (QED) is 0.221. The minimum atomic E-state index is -0.977. The van der Waals surface area contributed by atoms with E-state index < -0.39 is 22.8 Å². The molecular weight excluding hydrogens is 442 g/mol. The fourth-order valence-electron chi connectivity index (χ4n) is 2.89. The predicted octanol–water partition coefficient (Wildman–Crippen LogP) is 3.49. The van der Waals surface area contributed by atoms with Gasteiger partial charge in [0.15, 0.2) is 11.5 Å². The van der Waals surface area contributed by atoms with Gasteiger partial charge >= 0.3 is 6.03 Å². The van der Waals surface area contributed by atoms with Crippen molar-refractivity contribution in [1.29, 1.82) is 0 Å². The molecule has 1 saturated heterocycles. The number of urea groups is 1. The molecule has 3 rings (SSSR count). The molecule has 0 atom stereocenters. The number of ether oxygens (including phenoxy) is 2. The molecular formula is C21H16ClN3O7. The molecule has 1 N–H and O–H groups in total. The van der Waals surface area contributed by atoms with E-state index in [-0.39, 0.29) is 40.1 Å². The summed E-state index contributed by atoms with van der Waals surface area (Å²) in [5.74, 6) is -1.29. The first-order chi connectivity index (χ1) is 15.3. The summed E-state index contributed by atoms with van der Waals surface area (Å²) >= 11 is 6.25. The predicted molar refractivity (Wildman–Crippen MR) is 116 cm³/mol. The third-order valence-electron chi connectivity index (χ3n) is 4.33. The second-order valence-corrected chi connectivity index (χ2v) is 6.77. The molecule has 11 heteroatoms. The lowest BCUT2D eigenvalue weighted by Gasteiger charge is -2.26. The molecule has 0 saturated carbocycles. The highest BCUT2D eigenvalue weighted by molar-refractivity contribution is 6.39. The van der Waals surface area contributed by atoms with Gasteiger partial charge in [-0.15, -0.1) is 0 Å². The van der Waals surface area contributed by atoms with Gasteiger partial charge in [-0.1, -0.05) is 24.3 Å². The molecule has 0 unspecified atom stereocenters. The number of halogens is 1. The molecule has 0 bridgehead atoms. The van der Waals surface area contributed by atoms with E-state index in [9.17, 15) is 24.5 Å². The van der Waals surface area contributed by atoms with Crippen molar-refractivity contribution in [1.82, 2.24) is 5.32 Å². The van der Waals surface area contributed by atoms with Crippen LogP contribution in [-0.4, -0.2) is 36.5 Å². The Kier molecular flexibility index (Phi) is 6.55. The molecule has 2 aromatic rings. The summed E-state index contributed by atoms with van der Waals surface area (Å²) in [5, 5.41) is 13.1. The van der Waals surface area contributed by atoms with Gasteiger partial charge in [0.05, 0.1) is 22.7 Å². The molecule has 1 fully saturated rings. The number of methoxy groups -OCH3 is 1. The van der Waals surface area contributed by atoms with E-state index >= 15 is 0 Å². The minimum absolute atomic E-state index is 0.0558. The average Bonchev–Trinajstić information content (AvgIpc) is 2.75. The van der Waals surface area contributed by atoms with E-state index in [4.69, 9.17) is 21.1 Å². The number of benzene rings is 2. The number of imide groups is 2. The van der Waals surface area contributed by atoms with Crippen LogP contribution < -0.4 is 19.7 Å². The number of nitrogens with zero attached hydrogens (tertiary/aromatic N) is 2. The molecule has 0 spiro atoms. The monoisotopic (exact) mass is 457 g/mol. The number of anilines is 1. The van der Waals surface area contributed by atoms with Gasteiger partial charge in [-0.05, 0) is 35.9 Å². The van der Waals surface area contributed by atoms with Crippen LogP contribution in [0.3, 0.4) is 0 Å². The Labute approximate surface area is 186 Å². The summed E-state index contributed by atoms with van der Waals surface area (Å²) in [5.41, 5.74) is -0.165. The summed E-state index contributed by atoms with van der Waals surface area (Å²) in [6.07, 6.45) is 2.77. The molecule has 0 aromatic heterocycles. The van der Waals surface area contributed by atoms with Crippen molar-refractivity contribution in [2.24, 2.45) is 0 Å². The summed E-state index contributed by atoms with van der Waals surface area (Å²) in [6, 6.07) is 6.73. The Morgan fingerprint density at radius 2 is 1.91 bits per heavy atom. The average molecular weight is 458 g/mol. The molecule has 1 aliphatic heterocycles. The largest absolute Gasteiger partial charge is 0.493 e. The number of nitro groups is 1. The van der Waals surface area contributed by atoms with E-state index in [1.54, 1.807) is 0 Å². The zero-order valence-electron chi connectivity index (χ0n) is 16.7. The number of carbonyl (C=O) groups excluding carboxylic acids is 3. The Morgan fingerprint density at radius 3 is 2.50 bits per heavy atom. The van der Waals surface area contributed by atoms with Crippen LogP contribution in [0.15, 0.2) is 54.6 Å². The Bertz CT molecular complexity index is 1160. The standard InChI is InChI=1S/C21H16ClN3O7/c1-3-8-32-18-16(22)10-12(11-17(18)31-2)9-15-19(26)23-21(28)24(20(15)27)13-4-6-14(7-5-13)25(29)30/h3-7,9-11H,1,8H2,2H3,(H,23,26,28)/b15-9+. The number of amides is 4. The highest BCUT2D eigenvalue weighted by atomic mass is 35.5. The lowest BCUT2D eigenvalue weighted by atomic mass is 10.1. The van der Waals surface area contributed by atoms with Crippen molar-refractivity contribution < 1.29 is 28.8 Å². The molecule has 10 nitrogen and oxygen atoms in total. The van der Waals surface area contributed by atoms with Crippen molar-refractivity contribution in [2.75, 3.05) is 18.6 Å². The maximum absolute atomic E-state index is 13.0. The first-order valence-corrected chi connectivity index (χ1v) is 9.41. The Morgan fingerprint density at radius 1 is 1.22 bits per heavy atom. The van der Waals surface area contributed by atoms with Crippen molar-refractivity contribution in [3.63, 3.8) is 0 Å². The maximum atomic E-state index is 13.0. The van der Waals surface area contributed by atoms with Crippen LogP contribution in [0.2, 0.25) is 5.02 Å². The summed E-state index contributed by atoms with van der Waals surface area (Å²) in [6.45, 7) is 3.74. The number of hydrogen-bond donors (Lipinski definition) is 1. The van der Waals surface area contributed by atoms with Crippen LogP contribution in [0.25, 0.3) is 6.08 Å². The van der Waals surface area contributed by atoms with Crippen molar-refractivity contribution in [2.45, 2.75) is 0 Å². The van der Waals surface area contributed by atoms with Gasteiger partial charge in [-0.2, -0.15) is 0 Å². The lowest BCUT2D eigenvalue weighted by Crippen LogP contribution is -2.54. The van der Waals surface area contributed by atoms with Crippen LogP contribution in [0, 0.1) is 10.1 Å². The molecule has 0 aliphatic carbocycles. The van der Waals surface area contributed by atoms with Crippen molar-refractivity contribution in [3.05, 3.63) is 75.3 Å². The van der Waals surface area contributed by atoms with Crippen molar-refractivity contribution in [3.8, 4) is 11.5 Å². The summed E-state index contributed by atoms with van der Waals surface area (Å²) in [4.78, 5) is 48.5. The zero-order chi connectivity index (χ0) is 23.4. The van der Waals surface area contributed by atoms with E-state index in [1.165, 1.54) is 43.5 Å². The molecule has 164 valence electrons. The molecule has 2 aromatic carbocycles. The maximum Gasteiger partial charge on any atom is 0.335 e. The Balaban J connectivity index is 1.99. The smallest absolute Gasteiger partial charge is 0.335 e. The molecule has 1 heterocycles. The zero-order valence-corrected chi connectivity index (χ0v) is 17.4. The molecule has 32 heavy (non-hydrogen) atoms. The highest BCUT2D eigenvalue weighted by Crippen LogP contribution is 2.37. The van der Waals surface area contributed by atoms with Crippen LogP contribution in [0.5, 0.6) is 11.5 Å². The first kappa shape index (κ1) is 22.5. The highest BCUT2D eigenvalue weighted by Gasteiger charge is 2.37. The topological polar surface area (TPSA) is 128 Å².